The second kappa shape index (κ2) is 6.62. The summed E-state index contributed by atoms with van der Waals surface area (Å²) in [6.45, 7) is 4.69. The lowest BCUT2D eigenvalue weighted by molar-refractivity contribution is 0.0596. The SMILES string of the molecule is CC(C)OCC(CCc1cnn(C)c1)NN. The third-order valence-electron chi connectivity index (χ3n) is 2.41. The molecule has 1 unspecified atom stereocenters. The Balaban J connectivity index is 2.28. The van der Waals surface area contributed by atoms with Crippen LogP contribution in [0, 0.1) is 0 Å². The molecule has 16 heavy (non-hydrogen) atoms. The van der Waals surface area contributed by atoms with Crippen molar-refractivity contribution >= 4 is 0 Å². The molecule has 1 aromatic rings. The average molecular weight is 226 g/mol. The molecule has 0 amide bonds. The molecule has 1 atom stereocenters. The summed E-state index contributed by atoms with van der Waals surface area (Å²) in [5.41, 5.74) is 4.01. The number of aryl methyl sites for hydroxylation is 2. The van der Waals surface area contributed by atoms with Crippen molar-refractivity contribution in [2.75, 3.05) is 6.61 Å². The zero-order chi connectivity index (χ0) is 12.0. The van der Waals surface area contributed by atoms with Gasteiger partial charge in [-0.1, -0.05) is 0 Å². The van der Waals surface area contributed by atoms with Gasteiger partial charge in [-0.2, -0.15) is 5.10 Å². The molecular formula is C11H22N4O. The molecular weight excluding hydrogens is 204 g/mol. The number of hydrazine groups is 1. The largest absolute Gasteiger partial charge is 0.377 e. The summed E-state index contributed by atoms with van der Waals surface area (Å²) >= 11 is 0. The van der Waals surface area contributed by atoms with Gasteiger partial charge in [-0.3, -0.25) is 16.0 Å². The number of hydrogen-bond acceptors (Lipinski definition) is 4. The number of ether oxygens (including phenoxy) is 1. The van der Waals surface area contributed by atoms with Gasteiger partial charge in [0.25, 0.3) is 0 Å². The highest BCUT2D eigenvalue weighted by Gasteiger charge is 2.08. The number of aromatic nitrogens is 2. The Morgan fingerprint density at radius 3 is 2.81 bits per heavy atom. The van der Waals surface area contributed by atoms with E-state index in [0.29, 0.717) is 6.61 Å². The molecule has 0 aliphatic heterocycles. The van der Waals surface area contributed by atoms with Crippen molar-refractivity contribution in [2.45, 2.75) is 38.8 Å². The zero-order valence-corrected chi connectivity index (χ0v) is 10.3. The number of hydrogen-bond donors (Lipinski definition) is 2. The number of nitrogens with two attached hydrogens (primary N) is 1. The van der Waals surface area contributed by atoms with E-state index in [4.69, 9.17) is 10.6 Å². The molecule has 5 nitrogen and oxygen atoms in total. The first-order valence-corrected chi connectivity index (χ1v) is 5.67. The standard InChI is InChI=1S/C11H22N4O/c1-9(2)16-8-11(14-12)5-4-10-6-13-15(3)7-10/h6-7,9,11,14H,4-5,8,12H2,1-3H3. The average Bonchev–Trinajstić information content (AvgIpc) is 2.64. The summed E-state index contributed by atoms with van der Waals surface area (Å²) in [6, 6.07) is 0.197. The van der Waals surface area contributed by atoms with Crippen LogP contribution in [0.1, 0.15) is 25.8 Å². The Morgan fingerprint density at radius 2 is 2.31 bits per heavy atom. The molecule has 0 aliphatic rings. The van der Waals surface area contributed by atoms with Gasteiger partial charge in [0.05, 0.1) is 18.9 Å². The van der Waals surface area contributed by atoms with Crippen LogP contribution in [0.3, 0.4) is 0 Å². The summed E-state index contributed by atoms with van der Waals surface area (Å²) in [6.07, 6.45) is 6.07. The number of nitrogens with one attached hydrogen (secondary N) is 1. The van der Waals surface area contributed by atoms with E-state index in [0.717, 1.165) is 12.8 Å². The summed E-state index contributed by atoms with van der Waals surface area (Å²) in [5, 5.41) is 4.13. The third kappa shape index (κ3) is 4.74. The van der Waals surface area contributed by atoms with Crippen LogP contribution in [0.15, 0.2) is 12.4 Å². The quantitative estimate of drug-likeness (QED) is 0.528. The van der Waals surface area contributed by atoms with Crippen molar-refractivity contribution < 1.29 is 4.74 Å². The summed E-state index contributed by atoms with van der Waals surface area (Å²) in [5.74, 6) is 5.48. The smallest absolute Gasteiger partial charge is 0.0636 e. The van der Waals surface area contributed by atoms with Crippen molar-refractivity contribution in [1.29, 1.82) is 0 Å². The maximum Gasteiger partial charge on any atom is 0.0636 e. The molecule has 0 radical (unpaired) electrons. The molecule has 0 saturated heterocycles. The maximum atomic E-state index is 5.53. The normalized spacial score (nSPS) is 13.3. The molecule has 0 bridgehead atoms. The minimum Gasteiger partial charge on any atom is -0.377 e. The van der Waals surface area contributed by atoms with Gasteiger partial charge in [-0.25, -0.2) is 0 Å². The Labute approximate surface area is 96.9 Å². The molecule has 0 aliphatic carbocycles. The summed E-state index contributed by atoms with van der Waals surface area (Å²) < 4.78 is 7.34. The highest BCUT2D eigenvalue weighted by Crippen LogP contribution is 2.04. The predicted molar refractivity (Wildman–Crippen MR) is 63.7 cm³/mol. The van der Waals surface area contributed by atoms with E-state index in [2.05, 4.69) is 10.5 Å². The van der Waals surface area contributed by atoms with Crippen LogP contribution in [0.2, 0.25) is 0 Å². The fourth-order valence-corrected chi connectivity index (χ4v) is 1.47. The molecule has 3 N–H and O–H groups in total. The molecule has 0 saturated carbocycles. The number of rotatable bonds is 7. The van der Waals surface area contributed by atoms with Gasteiger partial charge in [-0.05, 0) is 32.3 Å². The van der Waals surface area contributed by atoms with E-state index < -0.39 is 0 Å². The summed E-state index contributed by atoms with van der Waals surface area (Å²) in [4.78, 5) is 0. The first-order valence-electron chi connectivity index (χ1n) is 5.67. The molecule has 1 heterocycles. The van der Waals surface area contributed by atoms with Crippen molar-refractivity contribution in [1.82, 2.24) is 15.2 Å². The lowest BCUT2D eigenvalue weighted by atomic mass is 10.1. The van der Waals surface area contributed by atoms with Crippen LogP contribution in [-0.4, -0.2) is 28.5 Å². The van der Waals surface area contributed by atoms with Crippen LogP contribution in [-0.2, 0) is 18.2 Å². The highest BCUT2D eigenvalue weighted by atomic mass is 16.5. The molecule has 0 spiro atoms. The van der Waals surface area contributed by atoms with E-state index in [1.54, 1.807) is 0 Å². The second-order valence-corrected chi connectivity index (χ2v) is 4.31. The first-order chi connectivity index (χ1) is 7.61. The van der Waals surface area contributed by atoms with Crippen molar-refractivity contribution in [3.63, 3.8) is 0 Å². The fraction of sp³-hybridized carbons (Fsp3) is 0.727. The van der Waals surface area contributed by atoms with E-state index in [9.17, 15) is 0 Å². The summed E-state index contributed by atoms with van der Waals surface area (Å²) in [7, 11) is 1.92. The minimum atomic E-state index is 0.197. The van der Waals surface area contributed by atoms with Crippen LogP contribution in [0.5, 0.6) is 0 Å². The third-order valence-corrected chi connectivity index (χ3v) is 2.41. The van der Waals surface area contributed by atoms with Crippen molar-refractivity contribution in [2.24, 2.45) is 12.9 Å². The molecule has 1 aromatic heterocycles. The van der Waals surface area contributed by atoms with Gasteiger partial charge in [-0.15, -0.1) is 0 Å². The Kier molecular flexibility index (Phi) is 5.45. The maximum absolute atomic E-state index is 5.53. The minimum absolute atomic E-state index is 0.197. The predicted octanol–water partition coefficient (Wildman–Crippen LogP) is 0.610. The highest BCUT2D eigenvalue weighted by molar-refractivity contribution is 5.03. The first kappa shape index (κ1) is 13.2. The van der Waals surface area contributed by atoms with E-state index in [1.165, 1.54) is 5.56 Å². The fourth-order valence-electron chi connectivity index (χ4n) is 1.47. The van der Waals surface area contributed by atoms with E-state index >= 15 is 0 Å². The lowest BCUT2D eigenvalue weighted by Gasteiger charge is -2.17. The van der Waals surface area contributed by atoms with Gasteiger partial charge >= 0.3 is 0 Å². The van der Waals surface area contributed by atoms with Gasteiger partial charge in [0.1, 0.15) is 0 Å². The van der Waals surface area contributed by atoms with Gasteiger partial charge in [0, 0.05) is 19.3 Å². The molecule has 92 valence electrons. The molecule has 1 rings (SSSR count). The van der Waals surface area contributed by atoms with Crippen LogP contribution >= 0.6 is 0 Å². The van der Waals surface area contributed by atoms with Crippen LogP contribution in [0.25, 0.3) is 0 Å². The monoisotopic (exact) mass is 226 g/mol. The van der Waals surface area contributed by atoms with Crippen molar-refractivity contribution in [3.05, 3.63) is 18.0 Å². The Hall–Kier alpha value is -0.910. The Morgan fingerprint density at radius 1 is 1.56 bits per heavy atom. The lowest BCUT2D eigenvalue weighted by Crippen LogP contribution is -2.39. The van der Waals surface area contributed by atoms with Crippen molar-refractivity contribution in [3.8, 4) is 0 Å². The van der Waals surface area contributed by atoms with E-state index in [1.807, 2.05) is 38.0 Å². The Bertz CT molecular complexity index is 298. The number of nitrogens with zero attached hydrogens (tertiary/aromatic N) is 2. The van der Waals surface area contributed by atoms with Crippen LogP contribution < -0.4 is 11.3 Å². The molecule has 0 fully saturated rings. The van der Waals surface area contributed by atoms with Gasteiger partial charge < -0.3 is 4.74 Å². The van der Waals surface area contributed by atoms with Gasteiger partial charge in [0.2, 0.25) is 0 Å². The van der Waals surface area contributed by atoms with Crippen LogP contribution in [0.4, 0.5) is 0 Å². The topological polar surface area (TPSA) is 65.1 Å². The second-order valence-electron chi connectivity index (χ2n) is 4.31. The molecule has 5 heteroatoms. The van der Waals surface area contributed by atoms with Gasteiger partial charge in [0.15, 0.2) is 0 Å². The molecule has 0 aromatic carbocycles. The zero-order valence-electron chi connectivity index (χ0n) is 10.3. The van der Waals surface area contributed by atoms with E-state index in [-0.39, 0.29) is 12.1 Å².